The van der Waals surface area contributed by atoms with E-state index in [4.69, 9.17) is 15.6 Å². The predicted molar refractivity (Wildman–Crippen MR) is 104 cm³/mol. The molecule has 2 heterocycles. The Kier molecular flexibility index (Phi) is 7.63. The quantitative estimate of drug-likeness (QED) is 0.755. The third kappa shape index (κ3) is 6.12. The molecule has 4 N–H and O–H groups in total. The second kappa shape index (κ2) is 9.71. The number of hydrogen-bond acceptors (Lipinski definition) is 6. The molecule has 7 nitrogen and oxygen atoms in total. The number of aromatic nitrogens is 2. The fourth-order valence-corrected chi connectivity index (χ4v) is 3.87. The molecule has 0 saturated carbocycles. The molecule has 146 valence electrons. The maximum atomic E-state index is 9.00. The Labute approximate surface area is 156 Å². The maximum absolute atomic E-state index is 9.00. The minimum Gasteiger partial charge on any atom is -0.481 e. The number of nitrogen functional groups attached to an aromatic ring is 1. The lowest BCUT2D eigenvalue weighted by Crippen LogP contribution is -2.31. The number of aliphatic carboxylic acids is 1. The van der Waals surface area contributed by atoms with Crippen molar-refractivity contribution in [2.45, 2.75) is 52.9 Å². The summed E-state index contributed by atoms with van der Waals surface area (Å²) in [5, 5.41) is 10.9. The monoisotopic (exact) mass is 363 g/mol. The van der Waals surface area contributed by atoms with Gasteiger partial charge in [0.1, 0.15) is 5.82 Å². The van der Waals surface area contributed by atoms with Crippen molar-refractivity contribution >= 4 is 17.7 Å². The Bertz CT molecular complexity index is 594. The number of hydrogen-bond donors (Lipinski definition) is 3. The molecule has 0 spiro atoms. The van der Waals surface area contributed by atoms with Gasteiger partial charge in [-0.15, -0.1) is 0 Å². The van der Waals surface area contributed by atoms with Crippen LogP contribution in [0, 0.1) is 11.8 Å². The molecule has 26 heavy (non-hydrogen) atoms. The van der Waals surface area contributed by atoms with Gasteiger partial charge in [0, 0.05) is 32.1 Å². The zero-order valence-corrected chi connectivity index (χ0v) is 16.3. The van der Waals surface area contributed by atoms with E-state index in [-0.39, 0.29) is 0 Å². The first kappa shape index (κ1) is 20.4. The summed E-state index contributed by atoms with van der Waals surface area (Å²) in [4.78, 5) is 20.6. The number of nitrogens with zero attached hydrogens (tertiary/aromatic N) is 3. The first-order valence-corrected chi connectivity index (χ1v) is 9.67. The molecule has 0 bridgehead atoms. The molecule has 1 atom stereocenters. The second-order valence-corrected chi connectivity index (χ2v) is 7.68. The van der Waals surface area contributed by atoms with Crippen LogP contribution in [0.25, 0.3) is 0 Å². The van der Waals surface area contributed by atoms with E-state index in [1.165, 1.54) is 24.1 Å². The van der Waals surface area contributed by atoms with Crippen molar-refractivity contribution in [3.05, 3.63) is 11.3 Å². The summed E-state index contributed by atoms with van der Waals surface area (Å²) < 4.78 is 0. The number of nitrogens with two attached hydrogens (primary N) is 1. The van der Waals surface area contributed by atoms with Crippen molar-refractivity contribution in [2.24, 2.45) is 11.8 Å². The molecule has 3 rings (SSSR count). The van der Waals surface area contributed by atoms with Crippen LogP contribution in [0.5, 0.6) is 0 Å². The summed E-state index contributed by atoms with van der Waals surface area (Å²) in [5.74, 6) is 2.22. The molecular weight excluding hydrogens is 330 g/mol. The number of carbonyl (C=O) groups is 1. The molecule has 1 aromatic heterocycles. The highest BCUT2D eigenvalue weighted by Gasteiger charge is 2.26. The third-order valence-electron chi connectivity index (χ3n) is 4.82. The maximum Gasteiger partial charge on any atom is 0.300 e. The number of nitrogens with one attached hydrogen (secondary N) is 1. The van der Waals surface area contributed by atoms with Gasteiger partial charge in [0.05, 0.1) is 5.69 Å². The van der Waals surface area contributed by atoms with Crippen molar-refractivity contribution in [1.82, 2.24) is 15.3 Å². The molecular formula is C19H33N5O2. The van der Waals surface area contributed by atoms with E-state index in [0.29, 0.717) is 5.95 Å². The minimum atomic E-state index is -0.833. The molecule has 0 amide bonds. The van der Waals surface area contributed by atoms with Gasteiger partial charge < -0.3 is 21.1 Å². The summed E-state index contributed by atoms with van der Waals surface area (Å²) in [6.45, 7) is 9.88. The van der Waals surface area contributed by atoms with Gasteiger partial charge in [-0.1, -0.05) is 13.8 Å². The van der Waals surface area contributed by atoms with Gasteiger partial charge in [-0.05, 0) is 50.5 Å². The topological polar surface area (TPSA) is 104 Å². The van der Waals surface area contributed by atoms with Gasteiger partial charge in [0.25, 0.3) is 5.97 Å². The Morgan fingerprint density at radius 3 is 2.77 bits per heavy atom. The number of fused-ring (bicyclic) bond motifs is 1. The van der Waals surface area contributed by atoms with E-state index in [1.807, 2.05) is 0 Å². The summed E-state index contributed by atoms with van der Waals surface area (Å²) in [7, 11) is 0. The molecule has 0 radical (unpaired) electrons. The lowest BCUT2D eigenvalue weighted by atomic mass is 9.82. The number of rotatable bonds is 3. The molecule has 1 aromatic rings. The Morgan fingerprint density at radius 2 is 2.08 bits per heavy atom. The van der Waals surface area contributed by atoms with Crippen LogP contribution in [0.2, 0.25) is 0 Å². The van der Waals surface area contributed by atoms with Crippen LogP contribution in [-0.4, -0.2) is 47.2 Å². The summed E-state index contributed by atoms with van der Waals surface area (Å²) in [6, 6.07) is 0. The predicted octanol–water partition coefficient (Wildman–Crippen LogP) is 2.10. The largest absolute Gasteiger partial charge is 0.481 e. The van der Waals surface area contributed by atoms with E-state index in [1.54, 1.807) is 0 Å². The van der Waals surface area contributed by atoms with Gasteiger partial charge in [-0.25, -0.2) is 4.98 Å². The standard InChI is InChI=1S/C17H29N5.C2H4O2/c1-12(2)10-13-4-5-14-15(11-13)20-17(18)21-16(14)22-8-3-6-19-7-9-22;1-2(3)4/h12-13,19H,3-11H2,1-2H3,(H2,18,20,21);1H3,(H,3,4). The van der Waals surface area contributed by atoms with Crippen molar-refractivity contribution < 1.29 is 9.90 Å². The lowest BCUT2D eigenvalue weighted by Gasteiger charge is -2.30. The van der Waals surface area contributed by atoms with E-state index in [2.05, 4.69) is 34.0 Å². The fraction of sp³-hybridized carbons (Fsp3) is 0.737. The van der Waals surface area contributed by atoms with Crippen LogP contribution in [0.3, 0.4) is 0 Å². The average Bonchev–Trinajstić information content (AvgIpc) is 2.81. The van der Waals surface area contributed by atoms with E-state index < -0.39 is 5.97 Å². The van der Waals surface area contributed by atoms with Gasteiger partial charge in [-0.3, -0.25) is 4.79 Å². The van der Waals surface area contributed by atoms with E-state index in [9.17, 15) is 0 Å². The van der Waals surface area contributed by atoms with Gasteiger partial charge in [0.15, 0.2) is 0 Å². The van der Waals surface area contributed by atoms with E-state index >= 15 is 0 Å². The van der Waals surface area contributed by atoms with Crippen molar-refractivity contribution in [3.63, 3.8) is 0 Å². The summed E-state index contributed by atoms with van der Waals surface area (Å²) in [6.07, 6.45) is 5.88. The highest BCUT2D eigenvalue weighted by Crippen LogP contribution is 2.33. The molecule has 1 aliphatic heterocycles. The number of carboxylic acid groups (broad SMARTS) is 1. The first-order valence-electron chi connectivity index (χ1n) is 9.67. The highest BCUT2D eigenvalue weighted by molar-refractivity contribution is 5.63. The van der Waals surface area contributed by atoms with Gasteiger partial charge in [0.2, 0.25) is 5.95 Å². The normalized spacial score (nSPS) is 20.0. The van der Waals surface area contributed by atoms with Gasteiger partial charge >= 0.3 is 0 Å². The zero-order valence-electron chi connectivity index (χ0n) is 16.3. The first-order chi connectivity index (χ1) is 12.4. The number of anilines is 2. The van der Waals surface area contributed by atoms with Crippen molar-refractivity contribution in [2.75, 3.05) is 36.8 Å². The molecule has 1 unspecified atom stereocenters. The van der Waals surface area contributed by atoms with Crippen LogP contribution in [-0.2, 0) is 17.6 Å². The smallest absolute Gasteiger partial charge is 0.300 e. The molecule has 1 fully saturated rings. The Hall–Kier alpha value is -1.89. The molecule has 1 saturated heterocycles. The average molecular weight is 364 g/mol. The minimum absolute atomic E-state index is 0.441. The van der Waals surface area contributed by atoms with Crippen LogP contribution in [0.4, 0.5) is 11.8 Å². The fourth-order valence-electron chi connectivity index (χ4n) is 3.87. The SMILES string of the molecule is CC(=O)O.CC(C)CC1CCc2c(nc(N)nc2N2CCCNCC2)C1. The molecule has 2 aliphatic rings. The van der Waals surface area contributed by atoms with Crippen LogP contribution in [0.1, 0.15) is 51.3 Å². The molecule has 0 aromatic carbocycles. The van der Waals surface area contributed by atoms with Crippen LogP contribution >= 0.6 is 0 Å². The van der Waals surface area contributed by atoms with E-state index in [0.717, 1.165) is 70.0 Å². The third-order valence-corrected chi connectivity index (χ3v) is 4.82. The molecule has 7 heteroatoms. The second-order valence-electron chi connectivity index (χ2n) is 7.68. The van der Waals surface area contributed by atoms with Crippen molar-refractivity contribution in [1.29, 1.82) is 0 Å². The zero-order chi connectivity index (χ0) is 19.1. The van der Waals surface area contributed by atoms with Crippen molar-refractivity contribution in [3.8, 4) is 0 Å². The summed E-state index contributed by atoms with van der Waals surface area (Å²) >= 11 is 0. The van der Waals surface area contributed by atoms with Crippen LogP contribution in [0.15, 0.2) is 0 Å². The lowest BCUT2D eigenvalue weighted by molar-refractivity contribution is -0.134. The number of carboxylic acids is 1. The Morgan fingerprint density at radius 1 is 1.35 bits per heavy atom. The Balaban J connectivity index is 0.000000552. The summed E-state index contributed by atoms with van der Waals surface area (Å²) in [5.41, 5.74) is 8.57. The van der Waals surface area contributed by atoms with Gasteiger partial charge in [-0.2, -0.15) is 4.98 Å². The molecule has 1 aliphatic carbocycles. The highest BCUT2D eigenvalue weighted by atomic mass is 16.4. The van der Waals surface area contributed by atoms with Crippen LogP contribution < -0.4 is 16.0 Å².